The van der Waals surface area contributed by atoms with Gasteiger partial charge < -0.3 is 0 Å². The van der Waals surface area contributed by atoms with Crippen molar-refractivity contribution in [1.82, 2.24) is 0 Å². The first-order valence-corrected chi connectivity index (χ1v) is 7.04. The van der Waals surface area contributed by atoms with Crippen molar-refractivity contribution < 1.29 is 8.78 Å². The molecule has 0 amide bonds. The molecule has 106 valence electrons. The summed E-state index contributed by atoms with van der Waals surface area (Å²) in [6.45, 7) is 4.34. The molecule has 0 fully saturated rings. The van der Waals surface area contributed by atoms with Crippen molar-refractivity contribution >= 4 is 11.6 Å². The Hall–Kier alpha value is -1.41. The lowest BCUT2D eigenvalue weighted by molar-refractivity contribution is 0.575. The van der Waals surface area contributed by atoms with E-state index in [4.69, 9.17) is 11.6 Å². The zero-order valence-electron chi connectivity index (χ0n) is 11.6. The summed E-state index contributed by atoms with van der Waals surface area (Å²) in [5.41, 5.74) is 2.56. The van der Waals surface area contributed by atoms with Crippen LogP contribution in [0.5, 0.6) is 0 Å². The third-order valence-corrected chi connectivity index (χ3v) is 3.49. The lowest BCUT2D eigenvalue weighted by Gasteiger charge is -2.09. The highest BCUT2D eigenvalue weighted by Crippen LogP contribution is 2.24. The van der Waals surface area contributed by atoms with Gasteiger partial charge in [0.15, 0.2) is 0 Å². The minimum Gasteiger partial charge on any atom is -0.207 e. The molecule has 0 unspecified atom stereocenters. The number of hydrogen-bond donors (Lipinski definition) is 0. The van der Waals surface area contributed by atoms with E-state index in [-0.39, 0.29) is 5.02 Å². The predicted molar refractivity (Wildman–Crippen MR) is 79.2 cm³/mol. The Kier molecular flexibility index (Phi) is 4.77. The van der Waals surface area contributed by atoms with Crippen LogP contribution in [0.4, 0.5) is 8.78 Å². The quantitative estimate of drug-likeness (QED) is 0.707. The second-order valence-corrected chi connectivity index (χ2v) is 5.85. The molecular weight excluding hydrogens is 278 g/mol. The van der Waals surface area contributed by atoms with Crippen LogP contribution in [0.1, 0.15) is 30.5 Å². The average Bonchev–Trinajstić information content (AvgIpc) is 2.35. The zero-order valence-corrected chi connectivity index (χ0v) is 12.3. The van der Waals surface area contributed by atoms with Crippen LogP contribution in [0.25, 0.3) is 0 Å². The summed E-state index contributed by atoms with van der Waals surface area (Å²) in [4.78, 5) is 0. The van der Waals surface area contributed by atoms with Crippen LogP contribution in [0, 0.1) is 17.6 Å². The summed E-state index contributed by atoms with van der Waals surface area (Å²) in [7, 11) is 0. The van der Waals surface area contributed by atoms with Crippen LogP contribution < -0.4 is 0 Å². The molecule has 0 saturated heterocycles. The molecule has 0 atom stereocenters. The molecule has 0 heterocycles. The van der Waals surface area contributed by atoms with E-state index in [1.54, 1.807) is 0 Å². The van der Waals surface area contributed by atoms with Gasteiger partial charge >= 0.3 is 0 Å². The molecule has 0 aliphatic heterocycles. The largest absolute Gasteiger partial charge is 0.207 e. The monoisotopic (exact) mass is 294 g/mol. The Bertz CT molecular complexity index is 565. The van der Waals surface area contributed by atoms with E-state index < -0.39 is 11.6 Å². The van der Waals surface area contributed by atoms with Crippen LogP contribution in [0.2, 0.25) is 5.02 Å². The number of hydrogen-bond acceptors (Lipinski definition) is 0. The van der Waals surface area contributed by atoms with Gasteiger partial charge in [0.2, 0.25) is 0 Å². The molecule has 0 N–H and O–H groups in total. The second-order valence-electron chi connectivity index (χ2n) is 5.44. The fourth-order valence-electron chi connectivity index (χ4n) is 2.21. The van der Waals surface area contributed by atoms with Crippen molar-refractivity contribution in [1.29, 1.82) is 0 Å². The zero-order chi connectivity index (χ0) is 14.7. The third kappa shape index (κ3) is 3.80. The van der Waals surface area contributed by atoms with Crippen molar-refractivity contribution in [3.05, 3.63) is 69.7 Å². The van der Waals surface area contributed by atoms with Crippen LogP contribution in [0.15, 0.2) is 36.4 Å². The smallest absolute Gasteiger partial charge is 0.131 e. The van der Waals surface area contributed by atoms with Gasteiger partial charge in [-0.25, -0.2) is 8.78 Å². The van der Waals surface area contributed by atoms with Crippen molar-refractivity contribution in [2.75, 3.05) is 0 Å². The van der Waals surface area contributed by atoms with Gasteiger partial charge in [0.05, 0.1) is 0 Å². The van der Waals surface area contributed by atoms with E-state index in [1.807, 2.05) is 24.3 Å². The van der Waals surface area contributed by atoms with E-state index in [2.05, 4.69) is 13.8 Å². The summed E-state index contributed by atoms with van der Waals surface area (Å²) in [5, 5.41) is 0.133. The fraction of sp³-hybridized carbons (Fsp3) is 0.294. The molecule has 0 bridgehead atoms. The molecular formula is C17H17ClF2. The van der Waals surface area contributed by atoms with Crippen molar-refractivity contribution in [2.24, 2.45) is 5.92 Å². The fourth-order valence-corrected chi connectivity index (χ4v) is 2.47. The molecule has 0 aliphatic carbocycles. The minimum atomic E-state index is -0.650. The summed E-state index contributed by atoms with van der Waals surface area (Å²) in [6.07, 6.45) is 1.39. The molecule has 0 saturated carbocycles. The van der Waals surface area contributed by atoms with Gasteiger partial charge in [-0.3, -0.25) is 0 Å². The number of benzene rings is 2. The van der Waals surface area contributed by atoms with Crippen LogP contribution >= 0.6 is 11.6 Å². The lowest BCUT2D eigenvalue weighted by atomic mass is 9.99. The first-order valence-electron chi connectivity index (χ1n) is 6.67. The van der Waals surface area contributed by atoms with Gasteiger partial charge in [-0.1, -0.05) is 49.7 Å². The van der Waals surface area contributed by atoms with Gasteiger partial charge in [0, 0.05) is 23.1 Å². The highest BCUT2D eigenvalue weighted by molar-refractivity contribution is 6.31. The normalized spacial score (nSPS) is 11.1. The first-order chi connectivity index (χ1) is 9.45. The highest BCUT2D eigenvalue weighted by Gasteiger charge is 2.10. The molecule has 0 spiro atoms. The maximum Gasteiger partial charge on any atom is 0.131 e. The Morgan fingerprint density at radius 3 is 2.15 bits per heavy atom. The van der Waals surface area contributed by atoms with E-state index in [9.17, 15) is 8.78 Å². The van der Waals surface area contributed by atoms with E-state index in [1.165, 1.54) is 5.56 Å². The van der Waals surface area contributed by atoms with E-state index in [0.717, 1.165) is 24.1 Å². The topological polar surface area (TPSA) is 0 Å². The van der Waals surface area contributed by atoms with Crippen molar-refractivity contribution in [2.45, 2.75) is 26.7 Å². The average molecular weight is 295 g/mol. The lowest BCUT2D eigenvalue weighted by Crippen LogP contribution is -1.97. The highest BCUT2D eigenvalue weighted by atomic mass is 35.5. The molecule has 2 aromatic rings. The standard InChI is InChI=1S/C17H17ClF2/c1-11(2)7-12-3-5-13(6-4-12)8-15-16(18)9-14(19)10-17(15)20/h3-6,9-11H,7-8H2,1-2H3. The van der Waals surface area contributed by atoms with Crippen LogP contribution in [-0.2, 0) is 12.8 Å². The molecule has 0 nitrogen and oxygen atoms in total. The summed E-state index contributed by atoms with van der Waals surface area (Å²) in [6, 6.07) is 10.0. The molecule has 20 heavy (non-hydrogen) atoms. The Balaban J connectivity index is 2.18. The van der Waals surface area contributed by atoms with E-state index in [0.29, 0.717) is 17.9 Å². The summed E-state index contributed by atoms with van der Waals surface area (Å²) >= 11 is 5.90. The Morgan fingerprint density at radius 1 is 1.00 bits per heavy atom. The predicted octanol–water partition coefficient (Wildman–Crippen LogP) is 5.41. The number of halogens is 3. The van der Waals surface area contributed by atoms with Crippen LogP contribution in [0.3, 0.4) is 0 Å². The van der Waals surface area contributed by atoms with Crippen molar-refractivity contribution in [3.8, 4) is 0 Å². The molecule has 0 aliphatic rings. The van der Waals surface area contributed by atoms with Crippen LogP contribution in [-0.4, -0.2) is 0 Å². The summed E-state index contributed by atoms with van der Waals surface area (Å²) < 4.78 is 26.7. The van der Waals surface area contributed by atoms with Crippen molar-refractivity contribution in [3.63, 3.8) is 0 Å². The Labute approximate surface area is 123 Å². The maximum atomic E-state index is 13.7. The molecule has 2 rings (SSSR count). The van der Waals surface area contributed by atoms with Gasteiger partial charge in [0.25, 0.3) is 0 Å². The summed E-state index contributed by atoms with van der Waals surface area (Å²) in [5.74, 6) is -0.644. The van der Waals surface area contributed by atoms with Gasteiger partial charge in [-0.05, 0) is 29.5 Å². The van der Waals surface area contributed by atoms with Gasteiger partial charge in [-0.2, -0.15) is 0 Å². The molecule has 2 aromatic carbocycles. The first kappa shape index (κ1) is 15.0. The SMILES string of the molecule is CC(C)Cc1ccc(Cc2c(F)cc(F)cc2Cl)cc1. The third-order valence-electron chi connectivity index (χ3n) is 3.15. The second kappa shape index (κ2) is 6.36. The molecule has 3 heteroatoms. The molecule has 0 aromatic heterocycles. The van der Waals surface area contributed by atoms with Gasteiger partial charge in [0.1, 0.15) is 11.6 Å². The Morgan fingerprint density at radius 2 is 1.60 bits per heavy atom. The molecule has 0 radical (unpaired) electrons. The maximum absolute atomic E-state index is 13.7. The minimum absolute atomic E-state index is 0.133. The van der Waals surface area contributed by atoms with Gasteiger partial charge in [-0.15, -0.1) is 0 Å². The van der Waals surface area contributed by atoms with E-state index >= 15 is 0 Å². The number of rotatable bonds is 4.